The number of aliphatic hydroxyl groups excluding tert-OH is 2. The van der Waals surface area contributed by atoms with Crippen molar-refractivity contribution in [3.8, 4) is 0 Å². The van der Waals surface area contributed by atoms with Crippen molar-refractivity contribution < 1.29 is 10.2 Å². The van der Waals surface area contributed by atoms with E-state index in [0.29, 0.717) is 0 Å². The van der Waals surface area contributed by atoms with Crippen LogP contribution in [0, 0.1) is 0 Å². The van der Waals surface area contributed by atoms with Gasteiger partial charge >= 0.3 is 0 Å². The Morgan fingerprint density at radius 3 is 2.38 bits per heavy atom. The summed E-state index contributed by atoms with van der Waals surface area (Å²) >= 11 is 0. The lowest BCUT2D eigenvalue weighted by Gasteiger charge is -2.09. The number of aliphatic hydroxyl groups is 2. The summed E-state index contributed by atoms with van der Waals surface area (Å²) in [5.74, 6) is 0. The van der Waals surface area contributed by atoms with Crippen LogP contribution in [0.2, 0.25) is 0 Å². The van der Waals surface area contributed by atoms with Crippen molar-refractivity contribution in [1.82, 2.24) is 0 Å². The van der Waals surface area contributed by atoms with Gasteiger partial charge in [0.15, 0.2) is 0 Å². The molecule has 0 spiro atoms. The Bertz CT molecular complexity index is 221. The van der Waals surface area contributed by atoms with E-state index in [1.165, 1.54) is 0 Å². The zero-order valence-corrected chi connectivity index (χ0v) is 7.69. The molecule has 0 aromatic heterocycles. The summed E-state index contributed by atoms with van der Waals surface area (Å²) < 4.78 is 0. The molecule has 0 fully saturated rings. The highest BCUT2D eigenvalue weighted by atomic mass is 16.3. The summed E-state index contributed by atoms with van der Waals surface area (Å²) in [5.41, 5.74) is 0.959. The van der Waals surface area contributed by atoms with Gasteiger partial charge in [0.05, 0.1) is 6.10 Å². The van der Waals surface area contributed by atoms with Crippen LogP contribution in [0.3, 0.4) is 0 Å². The van der Waals surface area contributed by atoms with Gasteiger partial charge in [-0.25, -0.2) is 0 Å². The first-order chi connectivity index (χ1) is 6.34. The van der Waals surface area contributed by atoms with Gasteiger partial charge in [-0.1, -0.05) is 30.3 Å². The molecule has 0 aliphatic rings. The van der Waals surface area contributed by atoms with Crippen molar-refractivity contribution >= 4 is 0 Å². The molecule has 2 heteroatoms. The molecular weight excluding hydrogens is 164 g/mol. The number of hydrogen-bond donors (Lipinski definition) is 2. The van der Waals surface area contributed by atoms with E-state index < -0.39 is 0 Å². The fourth-order valence-corrected chi connectivity index (χ4v) is 1.29. The molecule has 2 nitrogen and oxygen atoms in total. The van der Waals surface area contributed by atoms with Crippen molar-refractivity contribution in [2.45, 2.75) is 25.4 Å². The maximum Gasteiger partial charge on any atom is 0.0790 e. The van der Waals surface area contributed by atoms with Crippen LogP contribution in [0.5, 0.6) is 0 Å². The van der Waals surface area contributed by atoms with E-state index in [1.807, 2.05) is 30.3 Å². The molecule has 0 bridgehead atoms. The Morgan fingerprint density at radius 1 is 1.08 bits per heavy atom. The maximum absolute atomic E-state index is 9.67. The lowest BCUT2D eigenvalue weighted by Crippen LogP contribution is -1.97. The quantitative estimate of drug-likeness (QED) is 0.679. The van der Waals surface area contributed by atoms with E-state index in [9.17, 15) is 5.11 Å². The normalized spacial score (nSPS) is 12.8. The van der Waals surface area contributed by atoms with Crippen molar-refractivity contribution in [3.05, 3.63) is 35.9 Å². The second-order valence-electron chi connectivity index (χ2n) is 3.15. The first-order valence-electron chi connectivity index (χ1n) is 4.68. The van der Waals surface area contributed by atoms with E-state index in [1.54, 1.807) is 0 Å². The van der Waals surface area contributed by atoms with Crippen LogP contribution in [-0.4, -0.2) is 16.8 Å². The van der Waals surface area contributed by atoms with Crippen LogP contribution in [0.4, 0.5) is 0 Å². The van der Waals surface area contributed by atoms with Crippen LogP contribution in [-0.2, 0) is 0 Å². The summed E-state index contributed by atoms with van der Waals surface area (Å²) in [5, 5.41) is 18.2. The smallest absolute Gasteiger partial charge is 0.0790 e. The molecule has 0 aliphatic carbocycles. The molecule has 1 rings (SSSR count). The van der Waals surface area contributed by atoms with Gasteiger partial charge < -0.3 is 10.2 Å². The molecule has 0 saturated heterocycles. The Labute approximate surface area is 78.8 Å². The molecule has 1 atom stereocenters. The van der Waals surface area contributed by atoms with Gasteiger partial charge in [-0.3, -0.25) is 0 Å². The highest BCUT2D eigenvalue weighted by Crippen LogP contribution is 2.17. The van der Waals surface area contributed by atoms with E-state index >= 15 is 0 Å². The van der Waals surface area contributed by atoms with Crippen LogP contribution < -0.4 is 0 Å². The number of benzene rings is 1. The lowest BCUT2D eigenvalue weighted by atomic mass is 10.0. The zero-order chi connectivity index (χ0) is 9.52. The average molecular weight is 180 g/mol. The second-order valence-corrected chi connectivity index (χ2v) is 3.15. The molecule has 0 unspecified atom stereocenters. The van der Waals surface area contributed by atoms with Crippen molar-refractivity contribution in [2.24, 2.45) is 0 Å². The van der Waals surface area contributed by atoms with Crippen LogP contribution in [0.25, 0.3) is 0 Å². The molecule has 0 radical (unpaired) electrons. The summed E-state index contributed by atoms with van der Waals surface area (Å²) in [4.78, 5) is 0. The van der Waals surface area contributed by atoms with Gasteiger partial charge in [-0.2, -0.15) is 0 Å². The molecular formula is C11H16O2. The first kappa shape index (κ1) is 10.2. The molecule has 13 heavy (non-hydrogen) atoms. The molecule has 72 valence electrons. The van der Waals surface area contributed by atoms with Gasteiger partial charge in [-0.05, 0) is 24.8 Å². The average Bonchev–Trinajstić information content (AvgIpc) is 2.19. The van der Waals surface area contributed by atoms with Gasteiger partial charge in [0, 0.05) is 6.61 Å². The molecule has 1 aromatic rings. The number of rotatable bonds is 5. The second kappa shape index (κ2) is 5.73. The van der Waals surface area contributed by atoms with E-state index in [2.05, 4.69) is 0 Å². The molecule has 0 aliphatic heterocycles. The summed E-state index contributed by atoms with van der Waals surface area (Å²) in [7, 11) is 0. The topological polar surface area (TPSA) is 40.5 Å². The van der Waals surface area contributed by atoms with Crippen LogP contribution in [0.1, 0.15) is 30.9 Å². The third-order valence-electron chi connectivity index (χ3n) is 2.07. The molecule has 0 saturated carbocycles. The molecule has 2 N–H and O–H groups in total. The van der Waals surface area contributed by atoms with Crippen molar-refractivity contribution in [2.75, 3.05) is 6.61 Å². The van der Waals surface area contributed by atoms with E-state index in [-0.39, 0.29) is 12.7 Å². The predicted octanol–water partition coefficient (Wildman–Crippen LogP) is 1.88. The highest BCUT2D eigenvalue weighted by molar-refractivity contribution is 5.16. The molecule has 0 amide bonds. The van der Waals surface area contributed by atoms with E-state index in [4.69, 9.17) is 5.11 Å². The predicted molar refractivity (Wildman–Crippen MR) is 52.3 cm³/mol. The lowest BCUT2D eigenvalue weighted by molar-refractivity contribution is 0.159. The monoisotopic (exact) mass is 180 g/mol. The minimum absolute atomic E-state index is 0.210. The Morgan fingerprint density at radius 2 is 1.77 bits per heavy atom. The van der Waals surface area contributed by atoms with Crippen LogP contribution >= 0.6 is 0 Å². The highest BCUT2D eigenvalue weighted by Gasteiger charge is 2.05. The first-order valence-corrected chi connectivity index (χ1v) is 4.68. The summed E-state index contributed by atoms with van der Waals surface area (Å²) in [6.07, 6.45) is 1.98. The van der Waals surface area contributed by atoms with Crippen LogP contribution in [0.15, 0.2) is 30.3 Å². The maximum atomic E-state index is 9.67. The third-order valence-corrected chi connectivity index (χ3v) is 2.07. The number of unbranched alkanes of at least 4 members (excludes halogenated alkanes) is 1. The molecule has 0 heterocycles. The Balaban J connectivity index is 2.35. The fraction of sp³-hybridized carbons (Fsp3) is 0.455. The van der Waals surface area contributed by atoms with Crippen molar-refractivity contribution in [3.63, 3.8) is 0 Å². The largest absolute Gasteiger partial charge is 0.396 e. The minimum atomic E-state index is -0.382. The third kappa shape index (κ3) is 3.57. The fourth-order valence-electron chi connectivity index (χ4n) is 1.29. The minimum Gasteiger partial charge on any atom is -0.396 e. The van der Waals surface area contributed by atoms with E-state index in [0.717, 1.165) is 24.8 Å². The molecule has 1 aromatic carbocycles. The van der Waals surface area contributed by atoms with Gasteiger partial charge in [-0.15, -0.1) is 0 Å². The number of hydrogen-bond acceptors (Lipinski definition) is 2. The Kier molecular flexibility index (Phi) is 4.50. The van der Waals surface area contributed by atoms with Crippen molar-refractivity contribution in [1.29, 1.82) is 0 Å². The van der Waals surface area contributed by atoms with Gasteiger partial charge in [0.25, 0.3) is 0 Å². The zero-order valence-electron chi connectivity index (χ0n) is 7.69. The summed E-state index contributed by atoms with van der Waals surface area (Å²) in [6, 6.07) is 9.62. The summed E-state index contributed by atoms with van der Waals surface area (Å²) in [6.45, 7) is 0.210. The van der Waals surface area contributed by atoms with Gasteiger partial charge in [0.2, 0.25) is 0 Å². The van der Waals surface area contributed by atoms with Gasteiger partial charge in [0.1, 0.15) is 0 Å². The SMILES string of the molecule is OCCCC[C@@H](O)c1ccccc1. The Hall–Kier alpha value is -0.860. The standard InChI is InChI=1S/C11H16O2/c12-9-5-4-8-11(13)10-6-2-1-3-7-10/h1-3,6-7,11-13H,4-5,8-9H2/t11-/m1/s1.